The van der Waals surface area contributed by atoms with E-state index in [1.54, 1.807) is 17.8 Å². The number of hydrogen-bond donors (Lipinski definition) is 0. The molecule has 0 spiro atoms. The third-order valence-electron chi connectivity index (χ3n) is 2.93. The molecule has 3 heteroatoms. The molecule has 0 aliphatic carbocycles. The summed E-state index contributed by atoms with van der Waals surface area (Å²) in [5.41, 5.74) is 1.78. The summed E-state index contributed by atoms with van der Waals surface area (Å²) in [5.74, 6) is 1.35. The Balaban J connectivity index is 2.16. The second-order valence-corrected chi connectivity index (χ2v) is 5.90. The normalized spacial score (nSPS) is 20.8. The zero-order chi connectivity index (χ0) is 11.5. The molecule has 1 atom stereocenters. The Morgan fingerprint density at radius 1 is 1.44 bits per heavy atom. The first-order chi connectivity index (χ1) is 7.68. The van der Waals surface area contributed by atoms with Crippen molar-refractivity contribution in [2.45, 2.75) is 31.4 Å². The Hall–Kier alpha value is -0.470. The van der Waals surface area contributed by atoms with Gasteiger partial charge in [-0.15, -0.1) is 0 Å². The van der Waals surface area contributed by atoms with Crippen molar-refractivity contribution in [3.8, 4) is 0 Å². The van der Waals surface area contributed by atoms with E-state index in [1.165, 1.54) is 12.8 Å². The van der Waals surface area contributed by atoms with Gasteiger partial charge in [0.05, 0.1) is 5.25 Å². The summed E-state index contributed by atoms with van der Waals surface area (Å²) < 4.78 is 0. The van der Waals surface area contributed by atoms with Gasteiger partial charge in [0, 0.05) is 10.6 Å². The average molecular weight is 255 g/mol. The SMILES string of the molecule is Cc1ccc(C(=O)C2CCCCS2)cc1Cl. The lowest BCUT2D eigenvalue weighted by molar-refractivity contribution is 0.0985. The van der Waals surface area contributed by atoms with Crippen LogP contribution >= 0.6 is 23.4 Å². The Bertz CT molecular complexity index is 397. The summed E-state index contributed by atoms with van der Waals surface area (Å²) in [4.78, 5) is 12.2. The molecule has 0 amide bonds. The van der Waals surface area contributed by atoms with Crippen molar-refractivity contribution in [2.75, 3.05) is 5.75 Å². The van der Waals surface area contributed by atoms with Crippen LogP contribution in [0.2, 0.25) is 5.02 Å². The molecule has 2 rings (SSSR count). The second-order valence-electron chi connectivity index (χ2n) is 4.18. The number of aryl methyl sites for hydroxylation is 1. The molecule has 1 aliphatic rings. The van der Waals surface area contributed by atoms with Crippen LogP contribution in [0.1, 0.15) is 35.2 Å². The van der Waals surface area contributed by atoms with Gasteiger partial charge in [0.2, 0.25) is 0 Å². The number of Topliss-reactive ketones (excluding diaryl/α,β-unsaturated/α-hetero) is 1. The molecular weight excluding hydrogens is 240 g/mol. The van der Waals surface area contributed by atoms with E-state index in [9.17, 15) is 4.79 Å². The van der Waals surface area contributed by atoms with E-state index in [0.29, 0.717) is 5.02 Å². The fraction of sp³-hybridized carbons (Fsp3) is 0.462. The monoisotopic (exact) mass is 254 g/mol. The average Bonchev–Trinajstić information content (AvgIpc) is 2.33. The number of halogens is 1. The van der Waals surface area contributed by atoms with Gasteiger partial charge in [0.15, 0.2) is 5.78 Å². The van der Waals surface area contributed by atoms with Crippen molar-refractivity contribution in [1.29, 1.82) is 0 Å². The Kier molecular flexibility index (Phi) is 3.93. The van der Waals surface area contributed by atoms with Gasteiger partial charge in [0.25, 0.3) is 0 Å². The van der Waals surface area contributed by atoms with Crippen LogP contribution in [-0.2, 0) is 0 Å². The molecule has 0 bridgehead atoms. The van der Waals surface area contributed by atoms with Gasteiger partial charge >= 0.3 is 0 Å². The summed E-state index contributed by atoms with van der Waals surface area (Å²) in [6.07, 6.45) is 3.42. The van der Waals surface area contributed by atoms with Crippen LogP contribution in [0.3, 0.4) is 0 Å². The minimum atomic E-state index is 0.146. The minimum absolute atomic E-state index is 0.146. The number of ketones is 1. The lowest BCUT2D eigenvalue weighted by Gasteiger charge is -2.20. The van der Waals surface area contributed by atoms with Crippen LogP contribution in [0.5, 0.6) is 0 Å². The van der Waals surface area contributed by atoms with Gasteiger partial charge in [-0.2, -0.15) is 11.8 Å². The molecule has 0 radical (unpaired) electrons. The maximum atomic E-state index is 12.2. The van der Waals surface area contributed by atoms with Crippen LogP contribution in [-0.4, -0.2) is 16.8 Å². The molecule has 1 fully saturated rings. The third kappa shape index (κ3) is 2.61. The molecule has 86 valence electrons. The zero-order valence-corrected chi connectivity index (χ0v) is 10.9. The topological polar surface area (TPSA) is 17.1 Å². The molecule has 16 heavy (non-hydrogen) atoms. The molecular formula is C13H15ClOS. The molecule has 1 nitrogen and oxygen atoms in total. The molecule has 0 saturated carbocycles. The first-order valence-electron chi connectivity index (χ1n) is 5.60. The maximum Gasteiger partial charge on any atom is 0.175 e. The summed E-state index contributed by atoms with van der Waals surface area (Å²) in [6, 6.07) is 5.61. The Morgan fingerprint density at radius 3 is 2.88 bits per heavy atom. The lowest BCUT2D eigenvalue weighted by Crippen LogP contribution is -2.20. The predicted molar refractivity (Wildman–Crippen MR) is 70.6 cm³/mol. The van der Waals surface area contributed by atoms with Gasteiger partial charge in [0.1, 0.15) is 0 Å². The van der Waals surface area contributed by atoms with Crippen molar-refractivity contribution in [2.24, 2.45) is 0 Å². The van der Waals surface area contributed by atoms with E-state index in [-0.39, 0.29) is 11.0 Å². The van der Waals surface area contributed by atoms with Crippen molar-refractivity contribution >= 4 is 29.1 Å². The molecule has 1 aromatic rings. The Labute approximate surface area is 106 Å². The smallest absolute Gasteiger partial charge is 0.175 e. The van der Waals surface area contributed by atoms with Crippen LogP contribution < -0.4 is 0 Å². The summed E-state index contributed by atoms with van der Waals surface area (Å²) in [7, 11) is 0. The fourth-order valence-electron chi connectivity index (χ4n) is 1.88. The number of carbonyl (C=O) groups excluding carboxylic acids is 1. The van der Waals surface area contributed by atoms with E-state index in [1.807, 2.05) is 19.1 Å². The number of rotatable bonds is 2. The highest BCUT2D eigenvalue weighted by Crippen LogP contribution is 2.29. The van der Waals surface area contributed by atoms with Crippen molar-refractivity contribution < 1.29 is 4.79 Å². The van der Waals surface area contributed by atoms with Crippen molar-refractivity contribution in [1.82, 2.24) is 0 Å². The molecule has 1 saturated heterocycles. The van der Waals surface area contributed by atoms with Crippen LogP contribution in [0.4, 0.5) is 0 Å². The highest BCUT2D eigenvalue weighted by Gasteiger charge is 2.23. The van der Waals surface area contributed by atoms with Gasteiger partial charge < -0.3 is 0 Å². The fourth-order valence-corrected chi connectivity index (χ4v) is 3.34. The van der Waals surface area contributed by atoms with E-state index in [2.05, 4.69) is 0 Å². The molecule has 1 aromatic carbocycles. The highest BCUT2D eigenvalue weighted by molar-refractivity contribution is 8.00. The van der Waals surface area contributed by atoms with E-state index in [0.717, 1.165) is 23.3 Å². The van der Waals surface area contributed by atoms with Gasteiger partial charge in [-0.3, -0.25) is 4.79 Å². The number of thioether (sulfide) groups is 1. The van der Waals surface area contributed by atoms with Crippen LogP contribution in [0, 0.1) is 6.92 Å². The van der Waals surface area contributed by atoms with Crippen LogP contribution in [0.15, 0.2) is 18.2 Å². The largest absolute Gasteiger partial charge is 0.293 e. The van der Waals surface area contributed by atoms with E-state index < -0.39 is 0 Å². The van der Waals surface area contributed by atoms with E-state index in [4.69, 9.17) is 11.6 Å². The predicted octanol–water partition coefficient (Wildman–Crippen LogP) is 4.12. The van der Waals surface area contributed by atoms with Gasteiger partial charge in [-0.05, 0) is 37.1 Å². The minimum Gasteiger partial charge on any atom is -0.293 e. The van der Waals surface area contributed by atoms with Crippen molar-refractivity contribution in [3.05, 3.63) is 34.3 Å². The molecule has 1 heterocycles. The standard InChI is InChI=1S/C13H15ClOS/c1-9-5-6-10(8-11(9)14)13(15)12-4-2-3-7-16-12/h5-6,8,12H,2-4,7H2,1H3. The Morgan fingerprint density at radius 2 is 2.25 bits per heavy atom. The van der Waals surface area contributed by atoms with Gasteiger partial charge in [-0.1, -0.05) is 30.2 Å². The molecule has 1 aliphatic heterocycles. The molecule has 1 unspecified atom stereocenters. The number of hydrogen-bond acceptors (Lipinski definition) is 2. The highest BCUT2D eigenvalue weighted by atomic mass is 35.5. The summed E-state index contributed by atoms with van der Waals surface area (Å²) in [6.45, 7) is 1.95. The summed E-state index contributed by atoms with van der Waals surface area (Å²) in [5, 5.41) is 0.833. The molecule has 0 aromatic heterocycles. The van der Waals surface area contributed by atoms with Crippen molar-refractivity contribution in [3.63, 3.8) is 0 Å². The second kappa shape index (κ2) is 5.24. The number of carbonyl (C=O) groups is 1. The first-order valence-corrected chi connectivity index (χ1v) is 7.03. The summed E-state index contributed by atoms with van der Waals surface area (Å²) >= 11 is 7.82. The zero-order valence-electron chi connectivity index (χ0n) is 9.33. The maximum absolute atomic E-state index is 12.2. The first kappa shape index (κ1) is 12.0. The quantitative estimate of drug-likeness (QED) is 0.739. The molecule has 0 N–H and O–H groups in total. The van der Waals surface area contributed by atoms with Gasteiger partial charge in [-0.25, -0.2) is 0 Å². The lowest BCUT2D eigenvalue weighted by atomic mass is 10.0. The van der Waals surface area contributed by atoms with E-state index >= 15 is 0 Å². The number of benzene rings is 1. The third-order valence-corrected chi connectivity index (χ3v) is 4.71. The van der Waals surface area contributed by atoms with Crippen LogP contribution in [0.25, 0.3) is 0 Å².